The SMILES string of the molecule is C=CC(=O)N1CC(C(=O)O)CC(N(C)C)C1. The second-order valence-corrected chi connectivity index (χ2v) is 4.34. The summed E-state index contributed by atoms with van der Waals surface area (Å²) in [6.45, 7) is 4.28. The molecule has 0 spiro atoms. The number of hydrogen-bond donors (Lipinski definition) is 1. The van der Waals surface area contributed by atoms with Crippen LogP contribution in [0.1, 0.15) is 6.42 Å². The number of carbonyl (C=O) groups is 2. The molecule has 5 nitrogen and oxygen atoms in total. The average molecular weight is 226 g/mol. The first-order valence-electron chi connectivity index (χ1n) is 5.26. The number of carboxylic acid groups (broad SMARTS) is 1. The molecule has 2 unspecified atom stereocenters. The molecule has 1 heterocycles. The average Bonchev–Trinajstić information content (AvgIpc) is 2.27. The standard InChI is InChI=1S/C11H18N2O3/c1-4-10(14)13-6-8(11(15)16)5-9(7-13)12(2)3/h4,8-9H,1,5-7H2,2-3H3,(H,15,16). The predicted molar refractivity (Wildman–Crippen MR) is 60.0 cm³/mol. The Hall–Kier alpha value is -1.36. The molecule has 1 N–H and O–H groups in total. The van der Waals surface area contributed by atoms with Gasteiger partial charge in [-0.25, -0.2) is 0 Å². The van der Waals surface area contributed by atoms with Crippen LogP contribution in [0.2, 0.25) is 0 Å². The number of likely N-dealkylation sites (tertiary alicyclic amines) is 1. The van der Waals surface area contributed by atoms with Crippen molar-refractivity contribution in [3.8, 4) is 0 Å². The number of amides is 1. The molecule has 1 aliphatic rings. The highest BCUT2D eigenvalue weighted by Gasteiger charge is 2.33. The number of piperidine rings is 1. The van der Waals surface area contributed by atoms with Crippen molar-refractivity contribution in [2.75, 3.05) is 27.2 Å². The fraction of sp³-hybridized carbons (Fsp3) is 0.636. The van der Waals surface area contributed by atoms with E-state index < -0.39 is 11.9 Å². The van der Waals surface area contributed by atoms with Crippen molar-refractivity contribution < 1.29 is 14.7 Å². The Morgan fingerprint density at radius 2 is 2.06 bits per heavy atom. The van der Waals surface area contributed by atoms with Gasteiger partial charge in [0.1, 0.15) is 0 Å². The van der Waals surface area contributed by atoms with Gasteiger partial charge in [-0.2, -0.15) is 0 Å². The lowest BCUT2D eigenvalue weighted by atomic mass is 9.93. The van der Waals surface area contributed by atoms with Gasteiger partial charge in [-0.15, -0.1) is 0 Å². The van der Waals surface area contributed by atoms with Crippen LogP contribution < -0.4 is 0 Å². The van der Waals surface area contributed by atoms with Gasteiger partial charge < -0.3 is 14.9 Å². The van der Waals surface area contributed by atoms with E-state index in [4.69, 9.17) is 5.11 Å². The van der Waals surface area contributed by atoms with Gasteiger partial charge in [0, 0.05) is 19.1 Å². The number of aliphatic carboxylic acids is 1. The zero-order chi connectivity index (χ0) is 12.3. The maximum Gasteiger partial charge on any atom is 0.308 e. The third kappa shape index (κ3) is 2.82. The Morgan fingerprint density at radius 1 is 1.44 bits per heavy atom. The van der Waals surface area contributed by atoms with E-state index in [1.807, 2.05) is 19.0 Å². The summed E-state index contributed by atoms with van der Waals surface area (Å²) in [6.07, 6.45) is 1.82. The molecule has 0 bridgehead atoms. The molecule has 1 saturated heterocycles. The van der Waals surface area contributed by atoms with Crippen LogP contribution in [0.3, 0.4) is 0 Å². The van der Waals surface area contributed by atoms with Gasteiger partial charge in [0.25, 0.3) is 0 Å². The van der Waals surface area contributed by atoms with E-state index in [-0.39, 0.29) is 18.5 Å². The normalized spacial score (nSPS) is 25.6. The fourth-order valence-corrected chi connectivity index (χ4v) is 1.93. The van der Waals surface area contributed by atoms with Crippen LogP contribution in [-0.2, 0) is 9.59 Å². The third-order valence-corrected chi connectivity index (χ3v) is 2.99. The molecule has 16 heavy (non-hydrogen) atoms. The number of carbonyl (C=O) groups excluding carboxylic acids is 1. The highest BCUT2D eigenvalue weighted by molar-refractivity contribution is 5.87. The summed E-state index contributed by atoms with van der Waals surface area (Å²) in [5.74, 6) is -1.52. The largest absolute Gasteiger partial charge is 0.481 e. The van der Waals surface area contributed by atoms with Gasteiger partial charge in [-0.1, -0.05) is 6.58 Å². The second-order valence-electron chi connectivity index (χ2n) is 4.34. The summed E-state index contributed by atoms with van der Waals surface area (Å²) in [4.78, 5) is 26.0. The lowest BCUT2D eigenvalue weighted by molar-refractivity contribution is -0.146. The predicted octanol–water partition coefficient (Wildman–Crippen LogP) is 0.0357. The minimum absolute atomic E-state index is 0.0961. The van der Waals surface area contributed by atoms with Gasteiger partial charge in [0.15, 0.2) is 0 Å². The zero-order valence-electron chi connectivity index (χ0n) is 9.72. The maximum absolute atomic E-state index is 11.5. The van der Waals surface area contributed by atoms with Gasteiger partial charge >= 0.3 is 5.97 Å². The van der Waals surface area contributed by atoms with Crippen molar-refractivity contribution in [2.45, 2.75) is 12.5 Å². The molecule has 5 heteroatoms. The first-order valence-corrected chi connectivity index (χ1v) is 5.26. The van der Waals surface area contributed by atoms with E-state index in [0.29, 0.717) is 13.0 Å². The molecule has 0 aromatic rings. The molecule has 0 saturated carbocycles. The number of nitrogens with zero attached hydrogens (tertiary/aromatic N) is 2. The topological polar surface area (TPSA) is 60.9 Å². The molecule has 1 aliphatic heterocycles. The van der Waals surface area contributed by atoms with E-state index in [1.165, 1.54) is 6.08 Å². The molecule has 0 aromatic carbocycles. The van der Waals surface area contributed by atoms with E-state index >= 15 is 0 Å². The van der Waals surface area contributed by atoms with Crippen LogP contribution in [0.4, 0.5) is 0 Å². The van der Waals surface area contributed by atoms with E-state index in [2.05, 4.69) is 6.58 Å². The molecule has 1 rings (SSSR count). The van der Waals surface area contributed by atoms with Gasteiger partial charge in [0.2, 0.25) is 5.91 Å². The third-order valence-electron chi connectivity index (χ3n) is 2.99. The Kier molecular flexibility index (Phi) is 4.06. The van der Waals surface area contributed by atoms with Crippen molar-refractivity contribution in [3.05, 3.63) is 12.7 Å². The lowest BCUT2D eigenvalue weighted by Crippen LogP contribution is -2.52. The van der Waals surface area contributed by atoms with Crippen molar-refractivity contribution >= 4 is 11.9 Å². The maximum atomic E-state index is 11.5. The Balaban J connectivity index is 2.77. The number of carboxylic acids is 1. The van der Waals surface area contributed by atoms with Crippen molar-refractivity contribution in [1.29, 1.82) is 0 Å². The molecule has 0 aliphatic carbocycles. The summed E-state index contributed by atoms with van der Waals surface area (Å²) < 4.78 is 0. The first kappa shape index (κ1) is 12.7. The number of likely N-dealkylation sites (N-methyl/N-ethyl adjacent to an activating group) is 1. The van der Waals surface area contributed by atoms with Gasteiger partial charge in [-0.3, -0.25) is 9.59 Å². The molecule has 0 aromatic heterocycles. The van der Waals surface area contributed by atoms with Gasteiger partial charge in [-0.05, 0) is 26.6 Å². The Labute approximate surface area is 95.3 Å². The molecule has 2 atom stereocenters. The van der Waals surface area contributed by atoms with E-state index in [0.717, 1.165) is 0 Å². The smallest absolute Gasteiger partial charge is 0.308 e. The van der Waals surface area contributed by atoms with Crippen molar-refractivity contribution in [3.63, 3.8) is 0 Å². The number of rotatable bonds is 3. The second kappa shape index (κ2) is 5.12. The van der Waals surface area contributed by atoms with Crippen molar-refractivity contribution in [2.24, 2.45) is 5.92 Å². The Morgan fingerprint density at radius 3 is 2.50 bits per heavy atom. The summed E-state index contributed by atoms with van der Waals surface area (Å²) in [7, 11) is 3.79. The summed E-state index contributed by atoms with van der Waals surface area (Å²) in [5.41, 5.74) is 0. The van der Waals surface area contributed by atoms with Gasteiger partial charge in [0.05, 0.1) is 5.92 Å². The minimum atomic E-state index is -0.839. The highest BCUT2D eigenvalue weighted by Crippen LogP contribution is 2.20. The highest BCUT2D eigenvalue weighted by atomic mass is 16.4. The molecule has 1 amide bonds. The summed E-state index contributed by atoms with van der Waals surface area (Å²) >= 11 is 0. The van der Waals surface area contributed by atoms with Crippen molar-refractivity contribution in [1.82, 2.24) is 9.80 Å². The van der Waals surface area contributed by atoms with Crippen LogP contribution >= 0.6 is 0 Å². The zero-order valence-corrected chi connectivity index (χ0v) is 9.72. The lowest BCUT2D eigenvalue weighted by Gasteiger charge is -2.38. The van der Waals surface area contributed by atoms with E-state index in [1.54, 1.807) is 4.90 Å². The summed E-state index contributed by atoms with van der Waals surface area (Å²) in [6, 6.07) is 0.0961. The molecular formula is C11H18N2O3. The molecule has 0 radical (unpaired) electrons. The van der Waals surface area contributed by atoms with E-state index in [9.17, 15) is 9.59 Å². The molecule has 1 fully saturated rings. The Bertz CT molecular complexity index is 302. The van der Waals surface area contributed by atoms with Crippen LogP contribution in [0, 0.1) is 5.92 Å². The van der Waals surface area contributed by atoms with Crippen LogP contribution in [0.5, 0.6) is 0 Å². The first-order chi connectivity index (χ1) is 7.45. The molecular weight excluding hydrogens is 208 g/mol. The minimum Gasteiger partial charge on any atom is -0.481 e. The van der Waals surface area contributed by atoms with Crippen LogP contribution in [-0.4, -0.2) is 60.0 Å². The quantitative estimate of drug-likeness (QED) is 0.690. The number of hydrogen-bond acceptors (Lipinski definition) is 3. The monoisotopic (exact) mass is 226 g/mol. The fourth-order valence-electron chi connectivity index (χ4n) is 1.93. The van der Waals surface area contributed by atoms with Crippen LogP contribution in [0.15, 0.2) is 12.7 Å². The van der Waals surface area contributed by atoms with Crippen LogP contribution in [0.25, 0.3) is 0 Å². The molecule has 90 valence electrons. The summed E-state index contributed by atoms with van der Waals surface area (Å²) in [5, 5.41) is 9.03.